The molecule has 2 saturated carbocycles. The van der Waals surface area contributed by atoms with Gasteiger partial charge in [-0.2, -0.15) is 0 Å². The summed E-state index contributed by atoms with van der Waals surface area (Å²) in [6.07, 6.45) is 10.4. The zero-order valence-electron chi connectivity index (χ0n) is 19.8. The number of benzene rings is 2. The Morgan fingerprint density at radius 2 is 1.97 bits per heavy atom. The lowest BCUT2D eigenvalue weighted by atomic mass is 9.93. The summed E-state index contributed by atoms with van der Waals surface area (Å²) in [5.41, 5.74) is 5.84. The first-order valence-electron chi connectivity index (χ1n) is 12.4. The molecule has 0 aliphatic heterocycles. The summed E-state index contributed by atoms with van der Waals surface area (Å²) in [7, 11) is 0. The SMILES string of the molecule is CC(CCCO)c1ccc(Cl)c(CNC2(c3cnccc3-c3ccccc3OC3CC3)CC2)c1. The fraction of sp³-hybridized carbons (Fsp3) is 0.414. The number of ether oxygens (including phenoxy) is 1. The zero-order valence-corrected chi connectivity index (χ0v) is 20.5. The van der Waals surface area contributed by atoms with Crippen LogP contribution in [-0.4, -0.2) is 22.8 Å². The second kappa shape index (κ2) is 10.1. The first-order valence-corrected chi connectivity index (χ1v) is 12.8. The third-order valence-electron chi connectivity index (χ3n) is 7.13. The molecule has 0 bridgehead atoms. The lowest BCUT2D eigenvalue weighted by molar-refractivity contribution is 0.281. The van der Waals surface area contributed by atoms with Gasteiger partial charge < -0.3 is 15.2 Å². The maximum absolute atomic E-state index is 9.17. The average Bonchev–Trinajstić information content (AvgIpc) is 3.79. The normalized spacial score (nSPS) is 17.4. The van der Waals surface area contributed by atoms with E-state index in [1.54, 1.807) is 0 Å². The maximum atomic E-state index is 9.17. The number of hydrogen-bond donors (Lipinski definition) is 2. The van der Waals surface area contributed by atoms with E-state index in [1.165, 1.54) is 16.7 Å². The van der Waals surface area contributed by atoms with Gasteiger partial charge in [0, 0.05) is 41.7 Å². The molecule has 0 radical (unpaired) electrons. The summed E-state index contributed by atoms with van der Waals surface area (Å²) in [4.78, 5) is 4.49. The third-order valence-corrected chi connectivity index (χ3v) is 7.50. The molecule has 0 spiro atoms. The second-order valence-corrected chi connectivity index (χ2v) is 10.2. The molecular formula is C29H33ClN2O2. The van der Waals surface area contributed by atoms with Gasteiger partial charge in [0.15, 0.2) is 0 Å². The fourth-order valence-electron chi connectivity index (χ4n) is 4.70. The van der Waals surface area contributed by atoms with Crippen LogP contribution in [0.25, 0.3) is 11.1 Å². The van der Waals surface area contributed by atoms with Crippen molar-refractivity contribution in [1.29, 1.82) is 0 Å². The molecule has 2 aliphatic rings. The summed E-state index contributed by atoms with van der Waals surface area (Å²) in [5.74, 6) is 1.35. The van der Waals surface area contributed by atoms with Crippen molar-refractivity contribution in [1.82, 2.24) is 10.3 Å². The quantitative estimate of drug-likeness (QED) is 0.327. The molecule has 178 valence electrons. The number of aliphatic hydroxyl groups excluding tert-OH is 1. The zero-order chi connectivity index (χ0) is 23.5. The number of nitrogens with one attached hydrogen (secondary N) is 1. The van der Waals surface area contributed by atoms with E-state index in [9.17, 15) is 5.11 Å². The molecule has 2 N–H and O–H groups in total. The van der Waals surface area contributed by atoms with E-state index in [2.05, 4.69) is 53.6 Å². The highest BCUT2D eigenvalue weighted by atomic mass is 35.5. The number of rotatable bonds is 11. The highest BCUT2D eigenvalue weighted by Gasteiger charge is 2.45. The van der Waals surface area contributed by atoms with Crippen molar-refractivity contribution in [3.8, 4) is 16.9 Å². The monoisotopic (exact) mass is 476 g/mol. The maximum Gasteiger partial charge on any atom is 0.127 e. The molecule has 2 aromatic carbocycles. The van der Waals surface area contributed by atoms with Crippen LogP contribution in [0.15, 0.2) is 60.9 Å². The van der Waals surface area contributed by atoms with Crippen molar-refractivity contribution in [2.45, 2.75) is 69.6 Å². The number of pyridine rings is 1. The summed E-state index contributed by atoms with van der Waals surface area (Å²) < 4.78 is 6.23. The predicted octanol–water partition coefficient (Wildman–Crippen LogP) is 6.60. The number of nitrogens with zero attached hydrogens (tertiary/aromatic N) is 1. The number of halogens is 1. The molecule has 5 rings (SSSR count). The molecule has 1 atom stereocenters. The molecule has 3 aromatic rings. The number of aliphatic hydroxyl groups is 1. The van der Waals surface area contributed by atoms with Gasteiger partial charge in [-0.1, -0.05) is 48.9 Å². The van der Waals surface area contributed by atoms with E-state index in [1.807, 2.05) is 24.5 Å². The highest BCUT2D eigenvalue weighted by Crippen LogP contribution is 2.50. The summed E-state index contributed by atoms with van der Waals surface area (Å²) >= 11 is 6.59. The highest BCUT2D eigenvalue weighted by molar-refractivity contribution is 6.31. The summed E-state index contributed by atoms with van der Waals surface area (Å²) in [6, 6.07) is 16.8. The molecule has 0 saturated heterocycles. The molecular weight excluding hydrogens is 444 g/mol. The van der Waals surface area contributed by atoms with Crippen molar-refractivity contribution >= 4 is 11.6 Å². The molecule has 0 amide bonds. The molecule has 1 aromatic heterocycles. The first-order chi connectivity index (χ1) is 16.6. The minimum Gasteiger partial charge on any atom is -0.490 e. The van der Waals surface area contributed by atoms with E-state index in [-0.39, 0.29) is 12.1 Å². The number of hydrogen-bond acceptors (Lipinski definition) is 4. The molecule has 1 unspecified atom stereocenters. The van der Waals surface area contributed by atoms with Crippen LogP contribution in [0, 0.1) is 0 Å². The van der Waals surface area contributed by atoms with E-state index in [0.717, 1.165) is 60.4 Å². The van der Waals surface area contributed by atoms with Gasteiger partial charge in [-0.15, -0.1) is 0 Å². The molecule has 34 heavy (non-hydrogen) atoms. The van der Waals surface area contributed by atoms with Gasteiger partial charge in [0.1, 0.15) is 5.75 Å². The average molecular weight is 477 g/mol. The number of para-hydroxylation sites is 1. The van der Waals surface area contributed by atoms with Crippen LogP contribution in [-0.2, 0) is 12.1 Å². The number of aromatic nitrogens is 1. The van der Waals surface area contributed by atoms with Crippen LogP contribution in [0.5, 0.6) is 5.75 Å². The van der Waals surface area contributed by atoms with E-state index in [4.69, 9.17) is 16.3 Å². The van der Waals surface area contributed by atoms with E-state index >= 15 is 0 Å². The van der Waals surface area contributed by atoms with Crippen LogP contribution in [0.2, 0.25) is 5.02 Å². The lowest BCUT2D eigenvalue weighted by Crippen LogP contribution is -2.29. The Hall–Kier alpha value is -2.40. The van der Waals surface area contributed by atoms with Crippen molar-refractivity contribution < 1.29 is 9.84 Å². The second-order valence-electron chi connectivity index (χ2n) is 9.79. The Morgan fingerprint density at radius 3 is 2.74 bits per heavy atom. The Balaban J connectivity index is 1.38. The van der Waals surface area contributed by atoms with Crippen LogP contribution in [0.3, 0.4) is 0 Å². The minimum atomic E-state index is -0.0991. The van der Waals surface area contributed by atoms with Gasteiger partial charge in [-0.25, -0.2) is 0 Å². The van der Waals surface area contributed by atoms with Gasteiger partial charge in [-0.05, 0) is 84.9 Å². The standard InChI is InChI=1S/C29H33ClN2O2/c1-20(5-4-16-33)21-8-11-27(30)22(17-21)18-32-29(13-14-29)26-19-31-15-12-24(26)25-6-2-3-7-28(25)34-23-9-10-23/h2-3,6-8,11-12,15,17,19-20,23,32-33H,4-5,9-10,13-14,16,18H2,1H3. The Morgan fingerprint density at radius 1 is 1.15 bits per heavy atom. The molecule has 5 heteroatoms. The van der Waals surface area contributed by atoms with Crippen LogP contribution < -0.4 is 10.1 Å². The van der Waals surface area contributed by atoms with Gasteiger partial charge in [0.2, 0.25) is 0 Å². The van der Waals surface area contributed by atoms with Crippen LogP contribution in [0.1, 0.15) is 68.1 Å². The molecule has 2 aliphatic carbocycles. The van der Waals surface area contributed by atoms with Gasteiger partial charge in [0.25, 0.3) is 0 Å². The molecule has 4 nitrogen and oxygen atoms in total. The minimum absolute atomic E-state index is 0.0991. The van der Waals surface area contributed by atoms with E-state index in [0.29, 0.717) is 18.6 Å². The van der Waals surface area contributed by atoms with Gasteiger partial charge in [-0.3, -0.25) is 4.98 Å². The van der Waals surface area contributed by atoms with Crippen molar-refractivity contribution in [3.63, 3.8) is 0 Å². The van der Waals surface area contributed by atoms with Crippen LogP contribution in [0.4, 0.5) is 0 Å². The first kappa shape index (κ1) is 23.3. The van der Waals surface area contributed by atoms with E-state index < -0.39 is 0 Å². The molecule has 1 heterocycles. The fourth-order valence-corrected chi connectivity index (χ4v) is 4.88. The van der Waals surface area contributed by atoms with Gasteiger partial charge in [0.05, 0.1) is 6.10 Å². The predicted molar refractivity (Wildman–Crippen MR) is 137 cm³/mol. The Labute approximate surface area is 207 Å². The lowest BCUT2D eigenvalue weighted by Gasteiger charge is -2.23. The Kier molecular flexibility index (Phi) is 6.91. The molecule has 2 fully saturated rings. The largest absolute Gasteiger partial charge is 0.490 e. The summed E-state index contributed by atoms with van der Waals surface area (Å²) in [6.45, 7) is 3.15. The smallest absolute Gasteiger partial charge is 0.127 e. The topological polar surface area (TPSA) is 54.4 Å². The summed E-state index contributed by atoms with van der Waals surface area (Å²) in [5, 5.41) is 13.8. The van der Waals surface area contributed by atoms with Crippen LogP contribution >= 0.6 is 11.6 Å². The third kappa shape index (κ3) is 5.14. The van der Waals surface area contributed by atoms with Gasteiger partial charge >= 0.3 is 0 Å². The van der Waals surface area contributed by atoms with Crippen molar-refractivity contribution in [2.75, 3.05) is 6.61 Å². The Bertz CT molecular complexity index is 1140. The van der Waals surface area contributed by atoms with Crippen molar-refractivity contribution in [3.05, 3.63) is 82.6 Å². The van der Waals surface area contributed by atoms with Crippen molar-refractivity contribution in [2.24, 2.45) is 0 Å².